The fourth-order valence-electron chi connectivity index (χ4n) is 5.26. The molecule has 0 saturated carbocycles. The van der Waals surface area contributed by atoms with Gasteiger partial charge in [-0.2, -0.15) is 0 Å². The third-order valence-electron chi connectivity index (χ3n) is 8.35. The molecule has 0 bridgehead atoms. The SMILES string of the molecule is Cc1nc(N)c2nc(CNc3ccc(C(=O)N[C@@H](CCC(=O)N[C@@H](CCC(=O)N[C@@H](CCC(=O)N[C@@H](CCC(=O)O)C(=O)O)C(=O)O)C(=O)O)C(=O)O)cc3)cnc2n1. The van der Waals surface area contributed by atoms with Gasteiger partial charge in [-0.15, -0.1) is 0 Å². The van der Waals surface area contributed by atoms with Crippen LogP contribution in [0.4, 0.5) is 11.5 Å². The van der Waals surface area contributed by atoms with E-state index in [2.05, 4.69) is 46.5 Å². The van der Waals surface area contributed by atoms with Crippen LogP contribution in [0.25, 0.3) is 11.2 Å². The lowest BCUT2D eigenvalue weighted by Crippen LogP contribution is -2.45. The van der Waals surface area contributed by atoms with Gasteiger partial charge in [0.25, 0.3) is 5.91 Å². The third-order valence-corrected chi connectivity index (χ3v) is 8.35. The van der Waals surface area contributed by atoms with Gasteiger partial charge < -0.3 is 57.9 Å². The third kappa shape index (κ3) is 15.1. The van der Waals surface area contributed by atoms with Crippen LogP contribution in [0.5, 0.6) is 0 Å². The Morgan fingerprint density at radius 1 is 0.610 bits per heavy atom. The Balaban J connectivity index is 1.46. The number of amides is 4. The summed E-state index contributed by atoms with van der Waals surface area (Å²) in [4.78, 5) is 124. The molecular formula is C35H42N10O14. The Labute approximate surface area is 333 Å². The summed E-state index contributed by atoms with van der Waals surface area (Å²) < 4.78 is 0. The number of carbonyl (C=O) groups excluding carboxylic acids is 4. The minimum Gasteiger partial charge on any atom is -0.481 e. The number of fused-ring (bicyclic) bond motifs is 1. The van der Waals surface area contributed by atoms with Gasteiger partial charge in [-0.1, -0.05) is 0 Å². The van der Waals surface area contributed by atoms with Gasteiger partial charge in [-0.25, -0.2) is 39.1 Å². The quantitative estimate of drug-likeness (QED) is 0.0517. The van der Waals surface area contributed by atoms with Crippen molar-refractivity contribution in [2.45, 2.75) is 89.0 Å². The van der Waals surface area contributed by atoms with Crippen LogP contribution in [-0.4, -0.2) is 123 Å². The Morgan fingerprint density at radius 3 is 1.49 bits per heavy atom. The number of rotatable bonds is 24. The second-order valence-electron chi connectivity index (χ2n) is 12.9. The maximum Gasteiger partial charge on any atom is 0.326 e. The van der Waals surface area contributed by atoms with Crippen LogP contribution >= 0.6 is 0 Å². The van der Waals surface area contributed by atoms with Crippen LogP contribution in [0.2, 0.25) is 0 Å². The molecule has 0 fully saturated rings. The van der Waals surface area contributed by atoms with E-state index in [0.29, 0.717) is 28.4 Å². The number of carbonyl (C=O) groups is 9. The highest BCUT2D eigenvalue weighted by Gasteiger charge is 2.27. The average molecular weight is 827 g/mol. The lowest BCUT2D eigenvalue weighted by Gasteiger charge is -2.18. The van der Waals surface area contributed by atoms with Crippen LogP contribution in [0.3, 0.4) is 0 Å². The van der Waals surface area contributed by atoms with Gasteiger partial charge in [-0.05, 0) is 56.9 Å². The molecule has 0 saturated heterocycles. The van der Waals surface area contributed by atoms with Gasteiger partial charge in [0.1, 0.15) is 30.0 Å². The number of aliphatic carboxylic acids is 5. The number of aryl methyl sites for hydroxylation is 1. The molecule has 24 heteroatoms. The molecule has 0 spiro atoms. The molecule has 316 valence electrons. The van der Waals surface area contributed by atoms with E-state index in [0.717, 1.165) is 0 Å². The van der Waals surface area contributed by atoms with Crippen LogP contribution in [0, 0.1) is 6.92 Å². The largest absolute Gasteiger partial charge is 0.481 e. The number of carboxylic acids is 5. The van der Waals surface area contributed by atoms with E-state index in [1.54, 1.807) is 19.1 Å². The number of hydrogen-bond acceptors (Lipinski definition) is 15. The first kappa shape index (κ1) is 45.9. The molecule has 3 aromatic rings. The molecule has 1 aromatic carbocycles. The summed E-state index contributed by atoms with van der Waals surface area (Å²) in [7, 11) is 0. The first-order valence-corrected chi connectivity index (χ1v) is 17.7. The van der Waals surface area contributed by atoms with Crippen molar-refractivity contribution in [3.63, 3.8) is 0 Å². The summed E-state index contributed by atoms with van der Waals surface area (Å²) in [6.07, 6.45) is -2.65. The number of anilines is 2. The maximum atomic E-state index is 12.8. The molecular weight excluding hydrogens is 784 g/mol. The van der Waals surface area contributed by atoms with Crippen LogP contribution in [0.15, 0.2) is 30.5 Å². The highest BCUT2D eigenvalue weighted by atomic mass is 16.4. The number of benzene rings is 1. The average Bonchev–Trinajstić information content (AvgIpc) is 3.16. The topological polar surface area (TPSA) is 393 Å². The summed E-state index contributed by atoms with van der Waals surface area (Å²) in [5.41, 5.74) is 7.83. The first-order valence-electron chi connectivity index (χ1n) is 17.7. The predicted molar refractivity (Wildman–Crippen MR) is 200 cm³/mol. The van der Waals surface area contributed by atoms with Crippen molar-refractivity contribution in [1.82, 2.24) is 41.2 Å². The van der Waals surface area contributed by atoms with E-state index >= 15 is 0 Å². The van der Waals surface area contributed by atoms with Crippen LogP contribution in [0.1, 0.15) is 73.2 Å². The van der Waals surface area contributed by atoms with Gasteiger partial charge in [-0.3, -0.25) is 24.0 Å². The summed E-state index contributed by atoms with van der Waals surface area (Å²) in [5, 5.41) is 58.3. The summed E-state index contributed by atoms with van der Waals surface area (Å²) in [5.74, 6) is -10.3. The highest BCUT2D eigenvalue weighted by Crippen LogP contribution is 2.16. The van der Waals surface area contributed by atoms with Crippen LogP contribution < -0.4 is 32.3 Å². The second-order valence-corrected chi connectivity index (χ2v) is 12.9. The molecule has 3 rings (SSSR count). The molecule has 0 aliphatic heterocycles. The molecule has 4 atom stereocenters. The Kier molecular flexibility index (Phi) is 16.9. The van der Waals surface area contributed by atoms with Crippen molar-refractivity contribution >= 4 is 76.1 Å². The van der Waals surface area contributed by atoms with E-state index in [-0.39, 0.29) is 17.9 Å². The highest BCUT2D eigenvalue weighted by molar-refractivity contribution is 5.97. The predicted octanol–water partition coefficient (Wildman–Crippen LogP) is -0.981. The summed E-state index contributed by atoms with van der Waals surface area (Å²) in [6, 6.07) is -0.426. The van der Waals surface area contributed by atoms with Crippen LogP contribution in [-0.2, 0) is 44.9 Å². The van der Waals surface area contributed by atoms with Gasteiger partial charge in [0.05, 0.1) is 18.4 Å². The van der Waals surface area contributed by atoms with E-state index in [1.807, 2.05) is 0 Å². The van der Waals surface area contributed by atoms with Crippen molar-refractivity contribution in [1.29, 1.82) is 0 Å². The number of nitrogens with one attached hydrogen (secondary N) is 5. The van der Waals surface area contributed by atoms with E-state index in [1.165, 1.54) is 18.3 Å². The van der Waals surface area contributed by atoms with Crippen molar-refractivity contribution < 1.29 is 68.7 Å². The zero-order valence-corrected chi connectivity index (χ0v) is 31.3. The lowest BCUT2D eigenvalue weighted by molar-refractivity contribution is -0.144. The smallest absolute Gasteiger partial charge is 0.326 e. The molecule has 2 aromatic heterocycles. The minimum atomic E-state index is -1.66. The summed E-state index contributed by atoms with van der Waals surface area (Å²) in [6.45, 7) is 1.91. The molecule has 0 aliphatic carbocycles. The first-order chi connectivity index (χ1) is 27.8. The Bertz CT molecular complexity index is 2080. The van der Waals surface area contributed by atoms with E-state index in [9.17, 15) is 58.5 Å². The molecule has 4 amide bonds. The van der Waals surface area contributed by atoms with Gasteiger partial charge >= 0.3 is 29.8 Å². The fourth-order valence-corrected chi connectivity index (χ4v) is 5.26. The zero-order chi connectivity index (χ0) is 43.8. The van der Waals surface area contributed by atoms with Crippen molar-refractivity contribution in [2.75, 3.05) is 11.1 Å². The van der Waals surface area contributed by atoms with Crippen molar-refractivity contribution in [3.8, 4) is 0 Å². The van der Waals surface area contributed by atoms with Gasteiger partial charge in [0.15, 0.2) is 17.0 Å². The number of nitrogens with two attached hydrogens (primary N) is 1. The standard InChI is InChI=1S/C35H42N10O14/c1-16-39-29(36)28-30(40-16)38-15-19(41-28)14-37-18-4-2-17(3-5-18)31(51)45-23(35(58)59)8-12-26(48)43-21(33(54)55)6-10-24(46)42-20(32(52)53)7-11-25(47)44-22(34(56)57)9-13-27(49)50/h2-5,15,20-23,37H,6-14H2,1H3,(H,42,46)(H,43,48)(H,44,47)(H,45,51)(H,49,50)(H,52,53)(H,54,55)(H,56,57)(H,58,59)(H2,36,38,39,40)/t20-,21-,22-,23-/m0/s1. The van der Waals surface area contributed by atoms with Crippen molar-refractivity contribution in [2.24, 2.45) is 0 Å². The van der Waals surface area contributed by atoms with Crippen molar-refractivity contribution in [3.05, 3.63) is 47.5 Å². The fraction of sp³-hybridized carbons (Fsp3) is 0.400. The van der Waals surface area contributed by atoms with Gasteiger partial charge in [0, 0.05) is 36.9 Å². The monoisotopic (exact) mass is 826 g/mol. The molecule has 0 radical (unpaired) electrons. The number of nitrogens with zero attached hydrogens (tertiary/aromatic N) is 4. The molecule has 59 heavy (non-hydrogen) atoms. The summed E-state index contributed by atoms with van der Waals surface area (Å²) >= 11 is 0. The molecule has 2 heterocycles. The number of hydrogen-bond donors (Lipinski definition) is 11. The van der Waals surface area contributed by atoms with E-state index < -0.39 is 129 Å². The maximum absolute atomic E-state index is 12.8. The number of carboxylic acid groups (broad SMARTS) is 5. The lowest BCUT2D eigenvalue weighted by atomic mass is 10.1. The molecule has 0 aliphatic rings. The number of aromatic nitrogens is 4. The Morgan fingerprint density at radius 2 is 1.05 bits per heavy atom. The Hall–Kier alpha value is -7.53. The molecule has 0 unspecified atom stereocenters. The normalized spacial score (nSPS) is 12.8. The minimum absolute atomic E-state index is 0.0921. The second kappa shape index (κ2) is 21.7. The molecule has 12 N–H and O–H groups in total. The molecule has 24 nitrogen and oxygen atoms in total. The van der Waals surface area contributed by atoms with E-state index in [4.69, 9.17) is 15.9 Å². The van der Waals surface area contributed by atoms with Gasteiger partial charge in [0.2, 0.25) is 17.7 Å². The zero-order valence-electron chi connectivity index (χ0n) is 31.3. The number of nitrogen functional groups attached to an aromatic ring is 1.